The maximum absolute atomic E-state index is 13.0. The van der Waals surface area contributed by atoms with Crippen LogP contribution in [-0.2, 0) is 14.8 Å². The summed E-state index contributed by atoms with van der Waals surface area (Å²) in [6, 6.07) is 6.88. The number of rotatable bonds is 3. The molecule has 2 fully saturated rings. The minimum absolute atomic E-state index is 0.0229. The van der Waals surface area contributed by atoms with Crippen LogP contribution in [0.3, 0.4) is 0 Å². The zero-order valence-corrected chi connectivity index (χ0v) is 14.9. The normalized spacial score (nSPS) is 28.0. The van der Waals surface area contributed by atoms with Crippen molar-refractivity contribution in [2.24, 2.45) is 11.3 Å². The summed E-state index contributed by atoms with van der Waals surface area (Å²) in [5.41, 5.74) is 0.340. The Labute approximate surface area is 143 Å². The monoisotopic (exact) mass is 352 g/mol. The molecule has 1 aromatic rings. The Balaban J connectivity index is 1.88. The van der Waals surface area contributed by atoms with Gasteiger partial charge in [0.2, 0.25) is 15.9 Å². The van der Waals surface area contributed by atoms with Crippen LogP contribution in [-0.4, -0.2) is 61.4 Å². The van der Waals surface area contributed by atoms with E-state index in [0.717, 1.165) is 5.56 Å². The highest BCUT2D eigenvalue weighted by molar-refractivity contribution is 7.89. The first-order chi connectivity index (χ1) is 11.3. The number of likely N-dealkylation sites (tertiary alicyclic amines) is 1. The number of sulfonamides is 1. The Bertz CT molecular complexity index is 749. The molecule has 2 saturated heterocycles. The van der Waals surface area contributed by atoms with Crippen LogP contribution in [0.1, 0.15) is 18.9 Å². The Morgan fingerprint density at radius 1 is 1.38 bits per heavy atom. The number of nitrogens with zero attached hydrogens (tertiary/aromatic N) is 2. The third kappa shape index (κ3) is 2.85. The predicted molar refractivity (Wildman–Crippen MR) is 89.8 cm³/mol. The Kier molecular flexibility index (Phi) is 4.44. The highest BCUT2D eigenvalue weighted by Gasteiger charge is 2.52. The minimum atomic E-state index is -3.59. The van der Waals surface area contributed by atoms with Gasteiger partial charge in [-0.25, -0.2) is 8.42 Å². The quantitative estimate of drug-likeness (QED) is 0.875. The van der Waals surface area contributed by atoms with Crippen LogP contribution in [0.4, 0.5) is 0 Å². The number of hydrogen-bond donors (Lipinski definition) is 1. The predicted octanol–water partition coefficient (Wildman–Crippen LogP) is 0.846. The van der Waals surface area contributed by atoms with Crippen LogP contribution >= 0.6 is 0 Å². The van der Waals surface area contributed by atoms with E-state index in [2.05, 4.69) is 0 Å². The molecule has 2 atom stereocenters. The largest absolute Gasteiger partial charge is 0.396 e. The average Bonchev–Trinajstić information content (AvgIpc) is 2.94. The van der Waals surface area contributed by atoms with Crippen molar-refractivity contribution >= 4 is 15.9 Å². The average molecular weight is 352 g/mol. The number of aliphatic hydroxyl groups is 1. The fraction of sp³-hybridized carbons (Fsp3) is 0.588. The van der Waals surface area contributed by atoms with Gasteiger partial charge in [0.25, 0.3) is 0 Å². The lowest BCUT2D eigenvalue weighted by Gasteiger charge is -2.42. The van der Waals surface area contributed by atoms with Gasteiger partial charge in [-0.3, -0.25) is 4.79 Å². The molecule has 0 radical (unpaired) electrons. The van der Waals surface area contributed by atoms with E-state index in [1.54, 1.807) is 23.1 Å². The van der Waals surface area contributed by atoms with Crippen molar-refractivity contribution in [2.45, 2.75) is 25.2 Å². The smallest absolute Gasteiger partial charge is 0.243 e. The van der Waals surface area contributed by atoms with Gasteiger partial charge in [0.1, 0.15) is 0 Å². The molecule has 0 saturated carbocycles. The minimum Gasteiger partial charge on any atom is -0.396 e. The van der Waals surface area contributed by atoms with Gasteiger partial charge in [-0.15, -0.1) is 0 Å². The maximum Gasteiger partial charge on any atom is 0.243 e. The summed E-state index contributed by atoms with van der Waals surface area (Å²) in [6.45, 7) is 4.98. The number of fused-ring (bicyclic) bond motifs is 1. The summed E-state index contributed by atoms with van der Waals surface area (Å²) in [5.74, 6) is 0.126. The third-order valence-corrected chi connectivity index (χ3v) is 7.26. The number of benzene rings is 1. The fourth-order valence-corrected chi connectivity index (χ4v) is 5.60. The van der Waals surface area contributed by atoms with Crippen LogP contribution in [0, 0.1) is 18.3 Å². The van der Waals surface area contributed by atoms with Gasteiger partial charge >= 0.3 is 0 Å². The number of aliphatic hydroxyl groups excluding tert-OH is 1. The van der Waals surface area contributed by atoms with Crippen molar-refractivity contribution in [2.75, 3.05) is 32.8 Å². The molecule has 0 aliphatic carbocycles. The molecule has 0 bridgehead atoms. The van der Waals surface area contributed by atoms with Gasteiger partial charge in [-0.2, -0.15) is 4.31 Å². The van der Waals surface area contributed by atoms with Crippen LogP contribution in [0.5, 0.6) is 0 Å². The summed E-state index contributed by atoms with van der Waals surface area (Å²) in [4.78, 5) is 13.7. The molecule has 6 nitrogen and oxygen atoms in total. The number of carbonyl (C=O) groups is 1. The van der Waals surface area contributed by atoms with Crippen molar-refractivity contribution in [1.29, 1.82) is 0 Å². The molecule has 0 aromatic heterocycles. The first kappa shape index (κ1) is 17.4. The SMILES string of the molecule is CC(=O)N1C[C@@H]2CCN(S(=O)(=O)c3cccc(C)c3)C[C@]2(CO)C1. The van der Waals surface area contributed by atoms with E-state index in [0.29, 0.717) is 26.1 Å². The lowest BCUT2D eigenvalue weighted by atomic mass is 9.75. The molecule has 24 heavy (non-hydrogen) atoms. The van der Waals surface area contributed by atoms with Gasteiger partial charge in [-0.05, 0) is 37.0 Å². The second kappa shape index (κ2) is 6.13. The van der Waals surface area contributed by atoms with Gasteiger partial charge in [0.05, 0.1) is 11.5 Å². The van der Waals surface area contributed by atoms with Crippen molar-refractivity contribution in [1.82, 2.24) is 9.21 Å². The van der Waals surface area contributed by atoms with E-state index >= 15 is 0 Å². The van der Waals surface area contributed by atoms with Gasteiger partial charge < -0.3 is 10.0 Å². The number of piperidine rings is 1. The van der Waals surface area contributed by atoms with Crippen molar-refractivity contribution in [3.8, 4) is 0 Å². The lowest BCUT2D eigenvalue weighted by Crippen LogP contribution is -2.52. The van der Waals surface area contributed by atoms with E-state index in [1.165, 1.54) is 11.2 Å². The van der Waals surface area contributed by atoms with Crippen molar-refractivity contribution < 1.29 is 18.3 Å². The van der Waals surface area contributed by atoms with Gasteiger partial charge in [0, 0.05) is 38.5 Å². The second-order valence-electron chi connectivity index (χ2n) is 7.06. The summed E-state index contributed by atoms with van der Waals surface area (Å²) in [7, 11) is -3.59. The zero-order valence-electron chi connectivity index (χ0n) is 14.1. The molecular formula is C17H24N2O4S. The summed E-state index contributed by atoms with van der Waals surface area (Å²) >= 11 is 0. The van der Waals surface area contributed by atoms with E-state index in [4.69, 9.17) is 0 Å². The summed E-state index contributed by atoms with van der Waals surface area (Å²) < 4.78 is 27.4. The summed E-state index contributed by atoms with van der Waals surface area (Å²) in [6.07, 6.45) is 0.662. The molecule has 2 aliphatic rings. The molecule has 2 aliphatic heterocycles. The van der Waals surface area contributed by atoms with Crippen molar-refractivity contribution in [3.63, 3.8) is 0 Å². The number of amides is 1. The molecule has 0 spiro atoms. The second-order valence-corrected chi connectivity index (χ2v) is 9.00. The van der Waals surface area contributed by atoms with E-state index < -0.39 is 15.4 Å². The first-order valence-corrected chi connectivity index (χ1v) is 9.66. The fourth-order valence-electron chi connectivity index (χ4n) is 3.94. The number of carbonyl (C=O) groups excluding carboxylic acids is 1. The molecule has 1 amide bonds. The Hall–Kier alpha value is -1.44. The van der Waals surface area contributed by atoms with E-state index in [9.17, 15) is 18.3 Å². The molecule has 3 rings (SSSR count). The topological polar surface area (TPSA) is 77.9 Å². The third-order valence-electron chi connectivity index (χ3n) is 5.42. The van der Waals surface area contributed by atoms with Crippen LogP contribution in [0.25, 0.3) is 0 Å². The van der Waals surface area contributed by atoms with Crippen LogP contribution in [0.15, 0.2) is 29.2 Å². The highest BCUT2D eigenvalue weighted by Crippen LogP contribution is 2.43. The summed E-state index contributed by atoms with van der Waals surface area (Å²) in [5, 5.41) is 9.99. The standard InChI is InChI=1S/C17H24N2O4S/c1-13-4-3-5-16(8-13)24(22,23)19-7-6-15-9-18(14(2)21)10-17(15,11-19)12-20/h3-5,8,15,20H,6-7,9-12H2,1-2H3/t15-,17-/m0/s1. The lowest BCUT2D eigenvalue weighted by molar-refractivity contribution is -0.128. The van der Waals surface area contributed by atoms with Crippen molar-refractivity contribution in [3.05, 3.63) is 29.8 Å². The van der Waals surface area contributed by atoms with Gasteiger partial charge in [-0.1, -0.05) is 12.1 Å². The molecule has 7 heteroatoms. The molecular weight excluding hydrogens is 328 g/mol. The molecule has 1 aromatic carbocycles. The molecule has 1 N–H and O–H groups in total. The Morgan fingerprint density at radius 2 is 2.12 bits per heavy atom. The Morgan fingerprint density at radius 3 is 2.75 bits per heavy atom. The van der Waals surface area contributed by atoms with E-state index in [1.807, 2.05) is 13.0 Å². The molecule has 132 valence electrons. The zero-order chi connectivity index (χ0) is 17.5. The number of hydrogen-bond acceptors (Lipinski definition) is 4. The van der Waals surface area contributed by atoms with Crippen LogP contribution in [0.2, 0.25) is 0 Å². The maximum atomic E-state index is 13.0. The van der Waals surface area contributed by atoms with E-state index in [-0.39, 0.29) is 29.9 Å². The molecule has 2 heterocycles. The van der Waals surface area contributed by atoms with Crippen LogP contribution < -0.4 is 0 Å². The first-order valence-electron chi connectivity index (χ1n) is 8.22. The molecule has 0 unspecified atom stereocenters. The number of aryl methyl sites for hydroxylation is 1. The van der Waals surface area contributed by atoms with Gasteiger partial charge in [0.15, 0.2) is 0 Å². The highest BCUT2D eigenvalue weighted by atomic mass is 32.2.